The van der Waals surface area contributed by atoms with E-state index in [0.29, 0.717) is 61.3 Å². The number of hydrogen-bond acceptors (Lipinski definition) is 10. The van der Waals surface area contributed by atoms with E-state index in [1.165, 1.54) is 13.3 Å². The molecule has 12 heteroatoms. The molecule has 38 heavy (non-hydrogen) atoms. The summed E-state index contributed by atoms with van der Waals surface area (Å²) in [6, 6.07) is 12.7. The second-order valence-electron chi connectivity index (χ2n) is 8.23. The number of carbonyl (C=O) groups is 2. The molecule has 200 valence electrons. The van der Waals surface area contributed by atoms with Gasteiger partial charge in [-0.3, -0.25) is 0 Å². The molecule has 1 aliphatic heterocycles. The van der Waals surface area contributed by atoms with E-state index in [0.717, 1.165) is 5.69 Å². The molecule has 0 bridgehead atoms. The van der Waals surface area contributed by atoms with Crippen LogP contribution in [0, 0.1) is 0 Å². The lowest BCUT2D eigenvalue weighted by atomic mass is 10.2. The summed E-state index contributed by atoms with van der Waals surface area (Å²) in [6.45, 7) is 4.67. The topological polar surface area (TPSA) is 118 Å². The van der Waals surface area contributed by atoms with Gasteiger partial charge in [0.05, 0.1) is 44.0 Å². The van der Waals surface area contributed by atoms with Crippen molar-refractivity contribution >= 4 is 52.5 Å². The molecular weight excluding hydrogens is 512 g/mol. The highest BCUT2D eigenvalue weighted by Gasteiger charge is 2.23. The Morgan fingerprint density at radius 3 is 2.50 bits per heavy atom. The van der Waals surface area contributed by atoms with Crippen LogP contribution in [-0.2, 0) is 9.47 Å². The van der Waals surface area contributed by atoms with Crippen molar-refractivity contribution in [3.05, 3.63) is 59.2 Å². The number of benzene rings is 2. The van der Waals surface area contributed by atoms with E-state index in [2.05, 4.69) is 25.5 Å². The summed E-state index contributed by atoms with van der Waals surface area (Å²) in [5, 5.41) is 6.53. The van der Waals surface area contributed by atoms with E-state index >= 15 is 0 Å². The third-order valence-electron chi connectivity index (χ3n) is 5.93. The number of nitrogens with zero attached hydrogens (tertiary/aromatic N) is 4. The first-order valence-electron chi connectivity index (χ1n) is 12.0. The largest absolute Gasteiger partial charge is 0.494 e. The van der Waals surface area contributed by atoms with Gasteiger partial charge in [0.15, 0.2) is 5.82 Å². The highest BCUT2D eigenvalue weighted by atomic mass is 35.5. The average molecular weight is 541 g/mol. The number of piperazine rings is 1. The van der Waals surface area contributed by atoms with Crippen LogP contribution in [0.4, 0.5) is 33.6 Å². The average Bonchev–Trinajstić information content (AvgIpc) is 2.95. The lowest BCUT2D eigenvalue weighted by Crippen LogP contribution is -2.49. The second kappa shape index (κ2) is 12.3. The molecule has 0 spiro atoms. The molecule has 1 amide bonds. The van der Waals surface area contributed by atoms with Crippen molar-refractivity contribution < 1.29 is 23.8 Å². The Hall–Kier alpha value is -4.25. The zero-order chi connectivity index (χ0) is 27.1. The number of rotatable bonds is 8. The van der Waals surface area contributed by atoms with Gasteiger partial charge in [0, 0.05) is 37.9 Å². The predicted octanol–water partition coefficient (Wildman–Crippen LogP) is 4.69. The van der Waals surface area contributed by atoms with Gasteiger partial charge in [0.2, 0.25) is 5.95 Å². The maximum atomic E-state index is 12.1. The number of ether oxygens (including phenoxy) is 3. The first kappa shape index (κ1) is 26.8. The third kappa shape index (κ3) is 6.17. The predicted molar refractivity (Wildman–Crippen MR) is 145 cm³/mol. The molecular formula is C26H29ClN6O5. The maximum absolute atomic E-state index is 12.1. The third-order valence-corrected chi connectivity index (χ3v) is 6.21. The molecule has 1 aliphatic rings. The first-order chi connectivity index (χ1) is 18.4. The lowest BCUT2D eigenvalue weighted by molar-refractivity contribution is 0.0601. The van der Waals surface area contributed by atoms with Crippen LogP contribution in [0.5, 0.6) is 5.75 Å². The van der Waals surface area contributed by atoms with E-state index in [1.807, 2.05) is 18.2 Å². The molecule has 0 saturated carbocycles. The first-order valence-corrected chi connectivity index (χ1v) is 12.4. The molecule has 1 saturated heterocycles. The summed E-state index contributed by atoms with van der Waals surface area (Å²) in [6.07, 6.45) is 1.18. The highest BCUT2D eigenvalue weighted by molar-refractivity contribution is 6.33. The lowest BCUT2D eigenvalue weighted by Gasteiger charge is -2.35. The van der Waals surface area contributed by atoms with Crippen LogP contribution in [0.2, 0.25) is 5.02 Å². The number of halogens is 1. The molecule has 3 aromatic rings. The van der Waals surface area contributed by atoms with E-state index in [4.69, 9.17) is 25.8 Å². The van der Waals surface area contributed by atoms with E-state index in [9.17, 15) is 9.59 Å². The number of nitrogens with one attached hydrogen (secondary N) is 2. The van der Waals surface area contributed by atoms with Crippen LogP contribution >= 0.6 is 11.6 Å². The van der Waals surface area contributed by atoms with Crippen molar-refractivity contribution in [1.82, 2.24) is 14.9 Å². The van der Waals surface area contributed by atoms with Crippen LogP contribution in [0.15, 0.2) is 48.7 Å². The number of para-hydroxylation sites is 1. The van der Waals surface area contributed by atoms with Gasteiger partial charge >= 0.3 is 12.1 Å². The van der Waals surface area contributed by atoms with Crippen LogP contribution in [0.25, 0.3) is 0 Å². The van der Waals surface area contributed by atoms with E-state index in [1.54, 1.807) is 43.2 Å². The number of carbonyl (C=O) groups excluding carboxylic acids is 2. The zero-order valence-corrected chi connectivity index (χ0v) is 22.1. The van der Waals surface area contributed by atoms with Gasteiger partial charge in [0.25, 0.3) is 0 Å². The van der Waals surface area contributed by atoms with Crippen molar-refractivity contribution in [2.45, 2.75) is 6.92 Å². The van der Waals surface area contributed by atoms with Gasteiger partial charge in [-0.1, -0.05) is 23.7 Å². The van der Waals surface area contributed by atoms with Crippen molar-refractivity contribution in [3.63, 3.8) is 0 Å². The summed E-state index contributed by atoms with van der Waals surface area (Å²) in [4.78, 5) is 36.8. The van der Waals surface area contributed by atoms with Crippen LogP contribution < -0.4 is 20.3 Å². The molecule has 0 radical (unpaired) electrons. The number of anilines is 5. The summed E-state index contributed by atoms with van der Waals surface area (Å²) < 4.78 is 15.6. The Balaban J connectivity index is 1.49. The Kier molecular flexibility index (Phi) is 8.70. The van der Waals surface area contributed by atoms with Gasteiger partial charge in [-0.15, -0.1) is 0 Å². The molecule has 0 unspecified atom stereocenters. The maximum Gasteiger partial charge on any atom is 0.409 e. The quantitative estimate of drug-likeness (QED) is 0.389. The SMILES string of the molecule is CCOC(=O)N1CCN(c2ccc(Nc3ncc(Cl)c(Nc4ccccc4C(=O)OC)n3)c(OC)c2)CC1. The molecule has 2 heterocycles. The van der Waals surface area contributed by atoms with Crippen molar-refractivity contribution in [3.8, 4) is 5.75 Å². The molecule has 2 aromatic carbocycles. The molecule has 1 aromatic heterocycles. The summed E-state index contributed by atoms with van der Waals surface area (Å²) in [5.41, 5.74) is 2.47. The summed E-state index contributed by atoms with van der Waals surface area (Å²) in [7, 11) is 2.91. The fraction of sp³-hybridized carbons (Fsp3) is 0.308. The van der Waals surface area contributed by atoms with E-state index < -0.39 is 5.97 Å². The normalized spacial score (nSPS) is 13.1. The summed E-state index contributed by atoms with van der Waals surface area (Å²) in [5.74, 6) is 0.709. The van der Waals surface area contributed by atoms with Crippen molar-refractivity contribution in [2.75, 3.05) is 62.5 Å². The second-order valence-corrected chi connectivity index (χ2v) is 8.64. The van der Waals surface area contributed by atoms with Gasteiger partial charge in [-0.25, -0.2) is 14.6 Å². The minimum absolute atomic E-state index is 0.277. The Morgan fingerprint density at radius 2 is 1.79 bits per heavy atom. The molecule has 1 fully saturated rings. The van der Waals surface area contributed by atoms with Gasteiger partial charge in [-0.05, 0) is 31.2 Å². The highest BCUT2D eigenvalue weighted by Crippen LogP contribution is 2.33. The minimum atomic E-state index is -0.483. The van der Waals surface area contributed by atoms with Crippen molar-refractivity contribution in [1.29, 1.82) is 0 Å². The monoisotopic (exact) mass is 540 g/mol. The Bertz CT molecular complexity index is 1300. The summed E-state index contributed by atoms with van der Waals surface area (Å²) >= 11 is 6.33. The Morgan fingerprint density at radius 1 is 1.03 bits per heavy atom. The minimum Gasteiger partial charge on any atom is -0.494 e. The zero-order valence-electron chi connectivity index (χ0n) is 21.4. The van der Waals surface area contributed by atoms with E-state index in [-0.39, 0.29) is 17.1 Å². The molecule has 11 nitrogen and oxygen atoms in total. The fourth-order valence-corrected chi connectivity index (χ4v) is 4.12. The molecule has 4 rings (SSSR count). The van der Waals surface area contributed by atoms with Crippen LogP contribution in [-0.4, -0.2) is 73.9 Å². The van der Waals surface area contributed by atoms with Gasteiger partial charge < -0.3 is 34.6 Å². The standard InChI is InChI=1S/C26H29ClN6O5/c1-4-38-26(35)33-13-11-32(12-14-33)17-9-10-21(22(15-17)36-2)30-25-28-16-19(27)23(31-25)29-20-8-6-5-7-18(20)24(34)37-3/h5-10,15-16H,4,11-14H2,1-3H3,(H2,28,29,30,31). The smallest absolute Gasteiger partial charge is 0.409 e. The van der Waals surface area contributed by atoms with Gasteiger partial charge in [-0.2, -0.15) is 4.98 Å². The number of hydrogen-bond donors (Lipinski definition) is 2. The van der Waals surface area contributed by atoms with Gasteiger partial charge in [0.1, 0.15) is 10.8 Å². The molecule has 0 atom stereocenters. The number of aromatic nitrogens is 2. The van der Waals surface area contributed by atoms with Crippen molar-refractivity contribution in [2.24, 2.45) is 0 Å². The van der Waals surface area contributed by atoms with Crippen LogP contribution in [0.3, 0.4) is 0 Å². The number of amides is 1. The number of methoxy groups -OCH3 is 2. The fourth-order valence-electron chi connectivity index (χ4n) is 3.98. The molecule has 2 N–H and O–H groups in total. The van der Waals surface area contributed by atoms with Crippen LogP contribution in [0.1, 0.15) is 17.3 Å². The number of esters is 1. The molecule has 0 aliphatic carbocycles. The Labute approximate surface area is 225 Å².